The highest BCUT2D eigenvalue weighted by atomic mass is 14.1. The summed E-state index contributed by atoms with van der Waals surface area (Å²) in [5.41, 5.74) is 0. The Morgan fingerprint density at radius 2 is 0.750 bits per heavy atom. The highest BCUT2D eigenvalue weighted by molar-refractivity contribution is 4.61. The summed E-state index contributed by atoms with van der Waals surface area (Å²) in [5.74, 6) is 2.08. The lowest BCUT2D eigenvalue weighted by atomic mass is 9.91. The Bertz CT molecular complexity index is 178. The van der Waals surface area contributed by atoms with Crippen LogP contribution in [0.4, 0.5) is 0 Å². The van der Waals surface area contributed by atoms with Crippen LogP contribution in [0.2, 0.25) is 0 Å². The van der Waals surface area contributed by atoms with E-state index in [-0.39, 0.29) is 0 Å². The zero-order chi connectivity index (χ0) is 18.5. The molecule has 0 heteroatoms. The lowest BCUT2D eigenvalue weighted by Gasteiger charge is -2.15. The Morgan fingerprint density at radius 3 is 0.875 bits per heavy atom. The van der Waals surface area contributed by atoms with Gasteiger partial charge < -0.3 is 0 Å². The summed E-state index contributed by atoms with van der Waals surface area (Å²) in [6.45, 7) is 13.6. The van der Waals surface area contributed by atoms with Crippen LogP contribution < -0.4 is 0 Å². The molecule has 0 aromatic heterocycles. The Hall–Kier alpha value is 0. The van der Waals surface area contributed by atoms with Gasteiger partial charge in [-0.05, 0) is 11.8 Å². The Morgan fingerprint density at radius 1 is 0.458 bits per heavy atom. The molecule has 0 aromatic rings. The van der Waals surface area contributed by atoms with Gasteiger partial charge in [-0.2, -0.15) is 0 Å². The first-order chi connectivity index (χ1) is 11.6. The number of hydrogen-bond donors (Lipinski definition) is 0. The van der Waals surface area contributed by atoms with Crippen LogP contribution in [-0.4, -0.2) is 0 Å². The predicted molar refractivity (Wildman–Crippen MR) is 115 cm³/mol. The van der Waals surface area contributed by atoms with Crippen molar-refractivity contribution in [2.45, 2.75) is 144 Å². The molecule has 0 aromatic carbocycles. The largest absolute Gasteiger partial charge is 0.0654 e. The minimum Gasteiger partial charge on any atom is -0.0654 e. The van der Waals surface area contributed by atoms with Gasteiger partial charge in [0.15, 0.2) is 0 Å². The van der Waals surface area contributed by atoms with Crippen LogP contribution in [0.1, 0.15) is 144 Å². The number of unbranched alkanes of at least 4 members (excludes halogenated alkanes) is 5. The molecule has 0 radical (unpaired) electrons. The molecule has 2 saturated carbocycles. The fraction of sp³-hybridized carbons (Fsp3) is 1.00. The second-order valence-corrected chi connectivity index (χ2v) is 8.19. The minimum absolute atomic E-state index is 1.04. The van der Waals surface area contributed by atoms with E-state index in [1.807, 2.05) is 0 Å². The second kappa shape index (κ2) is 23.0. The van der Waals surface area contributed by atoms with E-state index < -0.39 is 0 Å². The monoisotopic (exact) mass is 340 g/mol. The molecule has 0 aliphatic heterocycles. The minimum atomic E-state index is 1.04. The zero-order valence-electron chi connectivity index (χ0n) is 18.5. The molecule has 0 spiro atoms. The molecular weight excluding hydrogens is 288 g/mol. The van der Waals surface area contributed by atoms with Crippen molar-refractivity contribution < 1.29 is 0 Å². The van der Waals surface area contributed by atoms with E-state index in [1.165, 1.54) is 103 Å². The van der Waals surface area contributed by atoms with Gasteiger partial charge in [0, 0.05) is 0 Å². The summed E-state index contributed by atoms with van der Waals surface area (Å²) in [7, 11) is 0. The predicted octanol–water partition coefficient (Wildman–Crippen LogP) is 9.57. The molecule has 0 nitrogen and oxygen atoms in total. The van der Waals surface area contributed by atoms with Crippen LogP contribution in [0, 0.1) is 11.8 Å². The fourth-order valence-corrected chi connectivity index (χ4v) is 3.29. The molecule has 0 heterocycles. The van der Waals surface area contributed by atoms with Crippen molar-refractivity contribution in [3.63, 3.8) is 0 Å². The van der Waals surface area contributed by atoms with Gasteiger partial charge >= 0.3 is 0 Å². The van der Waals surface area contributed by atoms with Crippen molar-refractivity contribution in [2.24, 2.45) is 11.8 Å². The first-order valence-corrected chi connectivity index (χ1v) is 11.6. The maximum absolute atomic E-state index is 2.36. The zero-order valence-corrected chi connectivity index (χ0v) is 18.5. The summed E-state index contributed by atoms with van der Waals surface area (Å²) in [4.78, 5) is 0. The van der Waals surface area contributed by atoms with Crippen molar-refractivity contribution in [3.8, 4) is 0 Å². The van der Waals surface area contributed by atoms with Crippen LogP contribution in [0.3, 0.4) is 0 Å². The van der Waals surface area contributed by atoms with Crippen LogP contribution in [0.5, 0.6) is 0 Å². The molecule has 2 fully saturated rings. The van der Waals surface area contributed by atoms with Gasteiger partial charge in [-0.15, -0.1) is 0 Å². The molecule has 0 saturated heterocycles. The highest BCUT2D eigenvalue weighted by Crippen LogP contribution is 2.23. The van der Waals surface area contributed by atoms with Gasteiger partial charge in [0.1, 0.15) is 0 Å². The number of hydrogen-bond acceptors (Lipinski definition) is 0. The quantitative estimate of drug-likeness (QED) is 0.437. The molecule has 0 atom stereocenters. The molecule has 0 unspecified atom stereocenters. The number of rotatable bonds is 5. The molecule has 148 valence electrons. The maximum Gasteiger partial charge on any atom is -0.0443 e. The van der Waals surface area contributed by atoms with Crippen molar-refractivity contribution in [2.75, 3.05) is 0 Å². The molecule has 0 amide bonds. The van der Waals surface area contributed by atoms with Gasteiger partial charge in [-0.3, -0.25) is 0 Å². The lowest BCUT2D eigenvalue weighted by molar-refractivity contribution is 0.385. The van der Waals surface area contributed by atoms with Crippen molar-refractivity contribution in [3.05, 3.63) is 0 Å². The van der Waals surface area contributed by atoms with E-state index in [0.717, 1.165) is 11.8 Å². The average Bonchev–Trinajstić information content (AvgIpc) is 3.07. The van der Waals surface area contributed by atoms with E-state index in [4.69, 9.17) is 0 Å². The Balaban J connectivity index is 0. The van der Waals surface area contributed by atoms with Gasteiger partial charge in [0.25, 0.3) is 0 Å². The van der Waals surface area contributed by atoms with E-state index in [9.17, 15) is 0 Å². The molecule has 2 aliphatic rings. The molecule has 0 bridgehead atoms. The topological polar surface area (TPSA) is 0 Å². The fourth-order valence-electron chi connectivity index (χ4n) is 3.29. The van der Waals surface area contributed by atoms with Crippen molar-refractivity contribution >= 4 is 0 Å². The second-order valence-electron chi connectivity index (χ2n) is 8.19. The van der Waals surface area contributed by atoms with E-state index in [1.54, 1.807) is 0 Å². The van der Waals surface area contributed by atoms with E-state index in [2.05, 4.69) is 41.5 Å². The maximum atomic E-state index is 2.36. The summed E-state index contributed by atoms with van der Waals surface area (Å²) < 4.78 is 0. The molecule has 2 aliphatic carbocycles. The van der Waals surface area contributed by atoms with Crippen LogP contribution >= 0.6 is 0 Å². The molecule has 24 heavy (non-hydrogen) atoms. The summed E-state index contributed by atoms with van der Waals surface area (Å²) >= 11 is 0. The van der Waals surface area contributed by atoms with E-state index in [0.29, 0.717) is 0 Å². The molecule has 2 rings (SSSR count). The first-order valence-electron chi connectivity index (χ1n) is 11.6. The third-order valence-corrected chi connectivity index (χ3v) is 5.20. The highest BCUT2D eigenvalue weighted by Gasteiger charge is 2.07. The normalized spacial score (nSPS) is 17.8. The van der Waals surface area contributed by atoms with E-state index >= 15 is 0 Å². The van der Waals surface area contributed by atoms with Crippen LogP contribution in [0.25, 0.3) is 0 Å². The SMILES string of the molecule is CC1CCCC1.CC1CCCCC1.CCCCC.CCCCCC. The van der Waals surface area contributed by atoms with Crippen molar-refractivity contribution in [1.82, 2.24) is 0 Å². The van der Waals surface area contributed by atoms with Crippen LogP contribution in [0.15, 0.2) is 0 Å². The first kappa shape index (κ1) is 26.2. The summed E-state index contributed by atoms with van der Waals surface area (Å²) in [6, 6.07) is 0. The Labute approximate surface area is 156 Å². The third kappa shape index (κ3) is 24.3. The molecule has 0 N–H and O–H groups in total. The lowest BCUT2D eigenvalue weighted by Crippen LogP contribution is -1.99. The van der Waals surface area contributed by atoms with Gasteiger partial charge in [0.05, 0.1) is 0 Å². The van der Waals surface area contributed by atoms with Gasteiger partial charge in [-0.25, -0.2) is 0 Å². The van der Waals surface area contributed by atoms with Gasteiger partial charge in [0.2, 0.25) is 0 Å². The molecular formula is C24H52. The summed E-state index contributed by atoms with van der Waals surface area (Å²) in [6.07, 6.45) is 23.0. The average molecular weight is 341 g/mol. The summed E-state index contributed by atoms with van der Waals surface area (Å²) in [5, 5.41) is 0. The smallest absolute Gasteiger partial charge is 0.0443 e. The third-order valence-electron chi connectivity index (χ3n) is 5.20. The van der Waals surface area contributed by atoms with Crippen molar-refractivity contribution in [1.29, 1.82) is 0 Å². The van der Waals surface area contributed by atoms with Gasteiger partial charge in [-0.1, -0.05) is 144 Å². The Kier molecular flexibility index (Phi) is 25.1. The standard InChI is InChI=1S/C7H14.C6H12.C6H14.C5H12/c1-7-5-3-2-4-6-7;1-6-4-2-3-5-6;1-3-5-6-4-2;1-3-5-4-2/h7H,2-6H2,1H3;6H,2-5H2,1H3;3-6H2,1-2H3;3-5H2,1-2H3. The van der Waals surface area contributed by atoms with Crippen LogP contribution in [-0.2, 0) is 0 Å².